The van der Waals surface area contributed by atoms with Crippen LogP contribution in [0, 0.1) is 0 Å². The van der Waals surface area contributed by atoms with Gasteiger partial charge >= 0.3 is 0 Å². The normalized spacial score (nSPS) is 17.9. The fourth-order valence-corrected chi connectivity index (χ4v) is 3.46. The average molecular weight is 360 g/mol. The van der Waals surface area contributed by atoms with Gasteiger partial charge in [-0.1, -0.05) is 42.5 Å². The molecule has 2 fully saturated rings. The van der Waals surface area contributed by atoms with E-state index >= 15 is 0 Å². The molecule has 2 saturated carbocycles. The molecule has 0 radical (unpaired) electrons. The molecule has 0 atom stereocenters. The van der Waals surface area contributed by atoms with Gasteiger partial charge in [0.05, 0.1) is 5.54 Å². The van der Waals surface area contributed by atoms with E-state index in [9.17, 15) is 9.59 Å². The van der Waals surface area contributed by atoms with Crippen LogP contribution in [-0.4, -0.2) is 17.9 Å². The lowest BCUT2D eigenvalue weighted by molar-refractivity contribution is -0.119. The van der Waals surface area contributed by atoms with E-state index in [1.165, 1.54) is 5.56 Å². The number of carbonyl (C=O) groups excluding carboxylic acids is 2. The van der Waals surface area contributed by atoms with Crippen LogP contribution in [0.3, 0.4) is 0 Å². The molecule has 4 heteroatoms. The van der Waals surface area contributed by atoms with Crippen LogP contribution in [0.15, 0.2) is 60.7 Å². The van der Waals surface area contributed by atoms with Crippen molar-refractivity contribution in [1.82, 2.24) is 10.6 Å². The molecule has 2 amide bonds. The number of amides is 2. The summed E-state index contributed by atoms with van der Waals surface area (Å²) in [6, 6.07) is 17.8. The van der Waals surface area contributed by atoms with E-state index in [1.54, 1.807) is 24.3 Å². The highest BCUT2D eigenvalue weighted by Gasteiger charge is 2.39. The Morgan fingerprint density at radius 2 is 1.67 bits per heavy atom. The monoisotopic (exact) mass is 360 g/mol. The van der Waals surface area contributed by atoms with Crippen LogP contribution in [0.2, 0.25) is 0 Å². The molecule has 138 valence electrons. The van der Waals surface area contributed by atoms with Gasteiger partial charge in [0, 0.05) is 17.7 Å². The minimum atomic E-state index is -0.229. The first-order valence-corrected chi connectivity index (χ1v) is 9.61. The van der Waals surface area contributed by atoms with Gasteiger partial charge in [0.15, 0.2) is 0 Å². The van der Waals surface area contributed by atoms with Crippen molar-refractivity contribution in [2.24, 2.45) is 0 Å². The first-order chi connectivity index (χ1) is 13.1. The topological polar surface area (TPSA) is 58.2 Å². The third kappa shape index (κ3) is 4.11. The van der Waals surface area contributed by atoms with Crippen molar-refractivity contribution < 1.29 is 9.59 Å². The van der Waals surface area contributed by atoms with Gasteiger partial charge in [-0.15, -0.1) is 0 Å². The molecule has 2 N–H and O–H groups in total. The third-order valence-electron chi connectivity index (χ3n) is 5.41. The van der Waals surface area contributed by atoms with Gasteiger partial charge in [0.25, 0.3) is 5.91 Å². The van der Waals surface area contributed by atoms with E-state index in [2.05, 4.69) is 22.8 Å². The highest BCUT2D eigenvalue weighted by Crippen LogP contribution is 2.41. The van der Waals surface area contributed by atoms with Gasteiger partial charge in [-0.2, -0.15) is 0 Å². The fraction of sp³-hybridized carbons (Fsp3) is 0.304. The molecule has 0 unspecified atom stereocenters. The number of hydrogen-bond acceptors (Lipinski definition) is 2. The number of carbonyl (C=O) groups is 2. The summed E-state index contributed by atoms with van der Waals surface area (Å²) in [6.45, 7) is 0. The van der Waals surface area contributed by atoms with Crippen molar-refractivity contribution in [2.45, 2.75) is 43.7 Å². The van der Waals surface area contributed by atoms with E-state index < -0.39 is 0 Å². The average Bonchev–Trinajstić information content (AvgIpc) is 3.48. The molecule has 0 aromatic heterocycles. The van der Waals surface area contributed by atoms with Crippen LogP contribution >= 0.6 is 0 Å². The summed E-state index contributed by atoms with van der Waals surface area (Å²) in [5.41, 5.74) is 2.49. The molecule has 0 aliphatic heterocycles. The molecule has 0 bridgehead atoms. The first kappa shape index (κ1) is 17.5. The summed E-state index contributed by atoms with van der Waals surface area (Å²) in [5, 5.41) is 6.16. The summed E-state index contributed by atoms with van der Waals surface area (Å²) in [6.07, 6.45) is 8.59. The fourth-order valence-electron chi connectivity index (χ4n) is 3.46. The Balaban J connectivity index is 1.37. The molecule has 2 aromatic rings. The first-order valence-electron chi connectivity index (χ1n) is 9.61. The minimum absolute atomic E-state index is 0.0273. The molecule has 0 heterocycles. The SMILES string of the molecule is O=C(C=Cc1ccc(C(=O)NC2CC2)cc1)NC1(c2ccccc2)CCC1. The second-order valence-electron chi connectivity index (χ2n) is 7.49. The van der Waals surface area contributed by atoms with Gasteiger partial charge in [-0.05, 0) is 61.4 Å². The van der Waals surface area contributed by atoms with E-state index in [0.29, 0.717) is 11.6 Å². The zero-order chi connectivity index (χ0) is 18.7. The van der Waals surface area contributed by atoms with Crippen molar-refractivity contribution >= 4 is 17.9 Å². The van der Waals surface area contributed by atoms with Crippen LogP contribution < -0.4 is 10.6 Å². The summed E-state index contributed by atoms with van der Waals surface area (Å²) in [5.74, 6) is -0.116. The highest BCUT2D eigenvalue weighted by molar-refractivity contribution is 5.95. The summed E-state index contributed by atoms with van der Waals surface area (Å²) in [4.78, 5) is 24.4. The molecular formula is C23H24N2O2. The Morgan fingerprint density at radius 1 is 0.963 bits per heavy atom. The van der Waals surface area contributed by atoms with Gasteiger partial charge in [-0.3, -0.25) is 9.59 Å². The molecular weight excluding hydrogens is 336 g/mol. The van der Waals surface area contributed by atoms with E-state index in [-0.39, 0.29) is 17.4 Å². The van der Waals surface area contributed by atoms with E-state index in [4.69, 9.17) is 0 Å². The predicted octanol–water partition coefficient (Wildman–Crippen LogP) is 3.79. The molecule has 2 aliphatic carbocycles. The van der Waals surface area contributed by atoms with Crippen molar-refractivity contribution in [3.05, 3.63) is 77.4 Å². The quantitative estimate of drug-likeness (QED) is 0.770. The maximum Gasteiger partial charge on any atom is 0.251 e. The lowest BCUT2D eigenvalue weighted by Crippen LogP contribution is -2.50. The summed E-state index contributed by atoms with van der Waals surface area (Å²) in [7, 11) is 0. The Bertz CT molecular complexity index is 848. The van der Waals surface area contributed by atoms with E-state index in [1.807, 2.05) is 30.3 Å². The number of hydrogen-bond donors (Lipinski definition) is 2. The zero-order valence-electron chi connectivity index (χ0n) is 15.3. The van der Waals surface area contributed by atoms with Crippen LogP contribution in [0.4, 0.5) is 0 Å². The molecule has 4 nitrogen and oxygen atoms in total. The van der Waals surface area contributed by atoms with Crippen LogP contribution in [-0.2, 0) is 10.3 Å². The van der Waals surface area contributed by atoms with Crippen LogP contribution in [0.5, 0.6) is 0 Å². The van der Waals surface area contributed by atoms with Crippen LogP contribution in [0.1, 0.15) is 53.6 Å². The van der Waals surface area contributed by atoms with Crippen molar-refractivity contribution in [1.29, 1.82) is 0 Å². The Labute approximate surface area is 159 Å². The molecule has 2 aliphatic rings. The van der Waals surface area contributed by atoms with Crippen molar-refractivity contribution in [3.63, 3.8) is 0 Å². The van der Waals surface area contributed by atoms with Gasteiger partial charge in [-0.25, -0.2) is 0 Å². The minimum Gasteiger partial charge on any atom is -0.349 e. The number of nitrogens with one attached hydrogen (secondary N) is 2. The maximum absolute atomic E-state index is 12.4. The lowest BCUT2D eigenvalue weighted by atomic mass is 9.72. The van der Waals surface area contributed by atoms with E-state index in [0.717, 1.165) is 37.7 Å². The Kier molecular flexibility index (Phi) is 4.80. The lowest BCUT2D eigenvalue weighted by Gasteiger charge is -2.42. The Morgan fingerprint density at radius 3 is 2.26 bits per heavy atom. The standard InChI is InChI=1S/C23H24N2O2/c26-21(25-23(15-4-16-23)19-5-2-1-3-6-19)14-9-17-7-10-18(11-8-17)22(27)24-20-12-13-20/h1-3,5-11,14,20H,4,12-13,15-16H2,(H,24,27)(H,25,26). The number of benzene rings is 2. The van der Waals surface area contributed by atoms with Crippen molar-refractivity contribution in [2.75, 3.05) is 0 Å². The molecule has 2 aromatic carbocycles. The van der Waals surface area contributed by atoms with Gasteiger partial charge in [0.2, 0.25) is 5.91 Å². The Hall–Kier alpha value is -2.88. The zero-order valence-corrected chi connectivity index (χ0v) is 15.3. The maximum atomic E-state index is 12.4. The summed E-state index contributed by atoms with van der Waals surface area (Å²) < 4.78 is 0. The number of rotatable bonds is 6. The van der Waals surface area contributed by atoms with Gasteiger partial charge < -0.3 is 10.6 Å². The second kappa shape index (κ2) is 7.39. The van der Waals surface area contributed by atoms with Crippen LogP contribution in [0.25, 0.3) is 6.08 Å². The third-order valence-corrected chi connectivity index (χ3v) is 5.41. The molecule has 0 spiro atoms. The highest BCUT2D eigenvalue weighted by atomic mass is 16.2. The second-order valence-corrected chi connectivity index (χ2v) is 7.49. The molecule has 27 heavy (non-hydrogen) atoms. The summed E-state index contributed by atoms with van der Waals surface area (Å²) >= 11 is 0. The smallest absolute Gasteiger partial charge is 0.251 e. The molecule has 0 saturated heterocycles. The van der Waals surface area contributed by atoms with Gasteiger partial charge in [0.1, 0.15) is 0 Å². The largest absolute Gasteiger partial charge is 0.349 e. The predicted molar refractivity (Wildman–Crippen MR) is 106 cm³/mol. The molecule has 4 rings (SSSR count). The van der Waals surface area contributed by atoms with Crippen molar-refractivity contribution in [3.8, 4) is 0 Å².